The minimum absolute atomic E-state index is 0.0767. The first kappa shape index (κ1) is 22.3. The number of aryl methyl sites for hydroxylation is 2. The molecule has 1 aliphatic carbocycles. The topological polar surface area (TPSA) is 82.7 Å². The first-order chi connectivity index (χ1) is 16.7. The molecule has 0 saturated carbocycles. The SMILES string of the molecule is COc1ccccc1OCCOc1ccc(-c2nc3sc4c(c3c(=O)[nH]2)CCCC4)cc1OC. The van der Waals surface area contributed by atoms with Gasteiger partial charge in [-0.3, -0.25) is 4.79 Å². The molecule has 1 aliphatic rings. The van der Waals surface area contributed by atoms with Crippen molar-refractivity contribution in [1.29, 1.82) is 0 Å². The highest BCUT2D eigenvalue weighted by Crippen LogP contribution is 2.36. The van der Waals surface area contributed by atoms with Crippen molar-refractivity contribution in [3.05, 3.63) is 63.3 Å². The summed E-state index contributed by atoms with van der Waals surface area (Å²) in [5.74, 6) is 3.01. The Labute approximate surface area is 201 Å². The Balaban J connectivity index is 1.32. The van der Waals surface area contributed by atoms with E-state index in [4.69, 9.17) is 23.9 Å². The standard InChI is InChI=1S/C26H26N2O5S/c1-30-18-8-4-5-9-19(18)32-13-14-33-20-12-11-16(15-21(20)31-2)24-27-25(29)23-17-7-3-6-10-22(17)34-26(23)28-24/h4-5,8-9,11-12,15H,3,6-7,10,13-14H2,1-2H3,(H,27,28,29). The third-order valence-corrected chi connectivity index (χ3v) is 7.12. The minimum atomic E-state index is -0.0767. The van der Waals surface area contributed by atoms with Crippen LogP contribution in [0.15, 0.2) is 47.3 Å². The van der Waals surface area contributed by atoms with Gasteiger partial charge in [0.1, 0.15) is 23.9 Å². The highest BCUT2D eigenvalue weighted by Gasteiger charge is 2.20. The summed E-state index contributed by atoms with van der Waals surface area (Å²) in [6, 6.07) is 13.0. The van der Waals surface area contributed by atoms with E-state index in [1.54, 1.807) is 25.6 Å². The molecule has 0 amide bonds. The van der Waals surface area contributed by atoms with Crippen LogP contribution in [0.4, 0.5) is 0 Å². The second kappa shape index (κ2) is 9.77. The summed E-state index contributed by atoms with van der Waals surface area (Å²) >= 11 is 1.64. The maximum atomic E-state index is 12.9. The van der Waals surface area contributed by atoms with Crippen molar-refractivity contribution in [1.82, 2.24) is 9.97 Å². The van der Waals surface area contributed by atoms with E-state index in [9.17, 15) is 4.79 Å². The molecule has 8 heteroatoms. The van der Waals surface area contributed by atoms with Crippen molar-refractivity contribution in [2.24, 2.45) is 0 Å². The molecule has 5 rings (SSSR count). The van der Waals surface area contributed by atoms with Gasteiger partial charge in [-0.15, -0.1) is 11.3 Å². The minimum Gasteiger partial charge on any atom is -0.493 e. The number of thiophene rings is 1. The smallest absolute Gasteiger partial charge is 0.260 e. The van der Waals surface area contributed by atoms with Crippen molar-refractivity contribution in [3.63, 3.8) is 0 Å². The van der Waals surface area contributed by atoms with E-state index in [1.807, 2.05) is 42.5 Å². The molecule has 0 spiro atoms. The van der Waals surface area contributed by atoms with E-state index in [0.29, 0.717) is 42.0 Å². The summed E-state index contributed by atoms with van der Waals surface area (Å²) < 4.78 is 22.5. The van der Waals surface area contributed by atoms with Crippen LogP contribution >= 0.6 is 11.3 Å². The summed E-state index contributed by atoms with van der Waals surface area (Å²) in [7, 11) is 3.20. The quantitative estimate of drug-likeness (QED) is 0.359. The van der Waals surface area contributed by atoms with E-state index in [2.05, 4.69) is 4.98 Å². The fourth-order valence-electron chi connectivity index (χ4n) is 4.28. The fourth-order valence-corrected chi connectivity index (χ4v) is 5.54. The lowest BCUT2D eigenvalue weighted by Crippen LogP contribution is -2.11. The Morgan fingerprint density at radius 3 is 2.38 bits per heavy atom. The molecule has 2 aromatic carbocycles. The zero-order chi connectivity index (χ0) is 23.5. The van der Waals surface area contributed by atoms with Gasteiger partial charge in [0, 0.05) is 10.4 Å². The van der Waals surface area contributed by atoms with Crippen LogP contribution in [0.25, 0.3) is 21.6 Å². The number of nitrogens with zero attached hydrogens (tertiary/aromatic N) is 1. The van der Waals surface area contributed by atoms with Crippen LogP contribution in [0, 0.1) is 0 Å². The number of hydrogen-bond donors (Lipinski definition) is 1. The molecule has 0 unspecified atom stereocenters. The normalized spacial score (nSPS) is 12.9. The highest BCUT2D eigenvalue weighted by atomic mass is 32.1. The van der Waals surface area contributed by atoms with Gasteiger partial charge in [0.05, 0.1) is 19.6 Å². The number of hydrogen-bond acceptors (Lipinski definition) is 7. The van der Waals surface area contributed by atoms with Gasteiger partial charge in [0.2, 0.25) is 0 Å². The predicted octanol–water partition coefficient (Wildman–Crippen LogP) is 5.01. The molecule has 7 nitrogen and oxygen atoms in total. The number of H-pyrrole nitrogens is 1. The molecule has 0 fully saturated rings. The molecule has 2 heterocycles. The van der Waals surface area contributed by atoms with Gasteiger partial charge in [-0.05, 0) is 61.6 Å². The van der Waals surface area contributed by atoms with Gasteiger partial charge < -0.3 is 23.9 Å². The lowest BCUT2D eigenvalue weighted by molar-refractivity contribution is 0.206. The molecular weight excluding hydrogens is 452 g/mol. The largest absolute Gasteiger partial charge is 0.493 e. The van der Waals surface area contributed by atoms with Crippen molar-refractivity contribution >= 4 is 21.6 Å². The third-order valence-electron chi connectivity index (χ3n) is 5.93. The number of aromatic nitrogens is 2. The Kier molecular flexibility index (Phi) is 6.40. The zero-order valence-corrected chi connectivity index (χ0v) is 20.0. The van der Waals surface area contributed by atoms with Crippen molar-refractivity contribution < 1.29 is 18.9 Å². The molecule has 0 aliphatic heterocycles. The Bertz CT molecular complexity index is 1380. The van der Waals surface area contributed by atoms with Crippen LogP contribution in [-0.4, -0.2) is 37.4 Å². The average Bonchev–Trinajstić information content (AvgIpc) is 3.26. The Hall–Kier alpha value is -3.52. The number of rotatable bonds is 8. The van der Waals surface area contributed by atoms with Gasteiger partial charge in [-0.1, -0.05) is 12.1 Å². The zero-order valence-electron chi connectivity index (χ0n) is 19.2. The number of aromatic amines is 1. The molecule has 4 aromatic rings. The highest BCUT2D eigenvalue weighted by molar-refractivity contribution is 7.18. The summed E-state index contributed by atoms with van der Waals surface area (Å²) in [5, 5.41) is 0.755. The Morgan fingerprint density at radius 1 is 0.912 bits per heavy atom. The van der Waals surface area contributed by atoms with Gasteiger partial charge in [0.25, 0.3) is 5.56 Å². The number of ether oxygens (including phenoxy) is 4. The van der Waals surface area contributed by atoms with Crippen LogP contribution in [0.5, 0.6) is 23.0 Å². The molecule has 1 N–H and O–H groups in total. The van der Waals surface area contributed by atoms with Crippen LogP contribution in [0.2, 0.25) is 0 Å². The summed E-state index contributed by atoms with van der Waals surface area (Å²) in [6.07, 6.45) is 4.29. The van der Waals surface area contributed by atoms with Crippen LogP contribution in [0.3, 0.4) is 0 Å². The number of nitrogens with one attached hydrogen (secondary N) is 1. The number of benzene rings is 2. The molecule has 0 radical (unpaired) electrons. The van der Waals surface area contributed by atoms with Gasteiger partial charge in [0.15, 0.2) is 23.0 Å². The second-order valence-corrected chi connectivity index (χ2v) is 9.10. The maximum absolute atomic E-state index is 12.9. The number of fused-ring (bicyclic) bond motifs is 3. The van der Waals surface area contributed by atoms with Crippen molar-refractivity contribution in [2.75, 3.05) is 27.4 Å². The maximum Gasteiger partial charge on any atom is 0.260 e. The summed E-state index contributed by atoms with van der Waals surface area (Å²) in [4.78, 5) is 22.7. The third kappa shape index (κ3) is 4.33. The van der Waals surface area contributed by atoms with Crippen molar-refractivity contribution in [2.45, 2.75) is 25.7 Å². The predicted molar refractivity (Wildman–Crippen MR) is 133 cm³/mol. The first-order valence-electron chi connectivity index (χ1n) is 11.3. The van der Waals surface area contributed by atoms with E-state index >= 15 is 0 Å². The molecule has 0 saturated heterocycles. The average molecular weight is 479 g/mol. The lowest BCUT2D eigenvalue weighted by Gasteiger charge is -2.13. The molecule has 2 aromatic heterocycles. The molecule has 0 bridgehead atoms. The van der Waals surface area contributed by atoms with E-state index < -0.39 is 0 Å². The lowest BCUT2D eigenvalue weighted by atomic mass is 9.97. The summed E-state index contributed by atoms with van der Waals surface area (Å²) in [5.41, 5.74) is 1.87. The molecule has 176 valence electrons. The van der Waals surface area contributed by atoms with Crippen LogP contribution in [-0.2, 0) is 12.8 Å². The van der Waals surface area contributed by atoms with Crippen LogP contribution < -0.4 is 24.5 Å². The number of para-hydroxylation sites is 2. The van der Waals surface area contributed by atoms with E-state index in [0.717, 1.165) is 35.0 Å². The Morgan fingerprint density at radius 2 is 1.62 bits per heavy atom. The van der Waals surface area contributed by atoms with Crippen molar-refractivity contribution in [3.8, 4) is 34.4 Å². The monoisotopic (exact) mass is 478 g/mol. The van der Waals surface area contributed by atoms with Gasteiger partial charge in [-0.2, -0.15) is 0 Å². The summed E-state index contributed by atoms with van der Waals surface area (Å²) in [6.45, 7) is 0.676. The first-order valence-corrected chi connectivity index (χ1v) is 12.1. The molecular formula is C26H26N2O5S. The molecule has 34 heavy (non-hydrogen) atoms. The van der Waals surface area contributed by atoms with E-state index in [1.165, 1.54) is 16.9 Å². The van der Waals surface area contributed by atoms with Gasteiger partial charge >= 0.3 is 0 Å². The fraction of sp³-hybridized carbons (Fsp3) is 0.308. The van der Waals surface area contributed by atoms with E-state index in [-0.39, 0.29) is 5.56 Å². The number of methoxy groups -OCH3 is 2. The van der Waals surface area contributed by atoms with Crippen LogP contribution in [0.1, 0.15) is 23.3 Å². The second-order valence-electron chi connectivity index (χ2n) is 8.02. The van der Waals surface area contributed by atoms with Gasteiger partial charge in [-0.25, -0.2) is 4.98 Å². The molecule has 0 atom stereocenters.